The van der Waals surface area contributed by atoms with Crippen LogP contribution < -0.4 is 0 Å². The molecule has 8 heteroatoms. The van der Waals surface area contributed by atoms with Crippen LogP contribution >= 0.6 is 0 Å². The molecule has 1 aliphatic heterocycles. The van der Waals surface area contributed by atoms with Crippen LogP contribution in [-0.4, -0.2) is 36.6 Å². The van der Waals surface area contributed by atoms with Crippen LogP contribution in [0.5, 0.6) is 0 Å². The van der Waals surface area contributed by atoms with Gasteiger partial charge in [-0.15, -0.1) is 0 Å². The Labute approximate surface area is 117 Å². The Kier molecular flexibility index (Phi) is 4.14. The Bertz CT molecular complexity index is 595. The molecule has 112 valence electrons. The quantitative estimate of drug-likeness (QED) is 0.747. The van der Waals surface area contributed by atoms with Crippen molar-refractivity contribution >= 4 is 5.91 Å². The fraction of sp³-hybridized carbons (Fsp3) is 0.385. The van der Waals surface area contributed by atoms with Gasteiger partial charge < -0.3 is 9.64 Å². The normalized spacial score (nSPS) is 19.2. The largest absolute Gasteiger partial charge is 0.416 e. The van der Waals surface area contributed by atoms with Gasteiger partial charge in [0.15, 0.2) is 6.10 Å². The molecule has 0 radical (unpaired) electrons. The lowest BCUT2D eigenvalue weighted by Crippen LogP contribution is -2.45. The fourth-order valence-corrected chi connectivity index (χ4v) is 1.95. The van der Waals surface area contributed by atoms with Crippen molar-refractivity contribution in [2.75, 3.05) is 19.7 Å². The Hall–Kier alpha value is -2.14. The number of rotatable bonds is 1. The first-order valence-corrected chi connectivity index (χ1v) is 6.00. The van der Waals surface area contributed by atoms with Crippen molar-refractivity contribution in [2.24, 2.45) is 0 Å². The molecule has 1 heterocycles. The Balaban J connectivity index is 2.29. The summed E-state index contributed by atoms with van der Waals surface area (Å²) in [6.45, 7) is 0.0578. The standard InChI is InChI=1S/C13H10F4N2O2/c14-11-2-1-8(13(15,16)17)5-10(11)12(20)19-3-4-21-9(6-18)7-19/h1-2,5,9H,3-4,7H2. The molecular formula is C13H10F4N2O2. The Morgan fingerprint density at radius 1 is 1.43 bits per heavy atom. The number of ether oxygens (including phenoxy) is 1. The summed E-state index contributed by atoms with van der Waals surface area (Å²) in [5, 5.41) is 8.73. The number of hydrogen-bond donors (Lipinski definition) is 0. The number of halogens is 4. The second-order valence-electron chi connectivity index (χ2n) is 4.43. The molecule has 1 fully saturated rings. The van der Waals surface area contributed by atoms with Gasteiger partial charge in [-0.25, -0.2) is 4.39 Å². The van der Waals surface area contributed by atoms with E-state index in [-0.39, 0.29) is 19.7 Å². The molecule has 1 unspecified atom stereocenters. The molecule has 0 aliphatic carbocycles. The summed E-state index contributed by atoms with van der Waals surface area (Å²) in [6, 6.07) is 3.46. The number of alkyl halides is 3. The average Bonchev–Trinajstić information content (AvgIpc) is 2.46. The first-order valence-electron chi connectivity index (χ1n) is 6.00. The molecule has 0 saturated carbocycles. The molecule has 1 aromatic rings. The van der Waals surface area contributed by atoms with Crippen molar-refractivity contribution in [1.82, 2.24) is 4.90 Å². The minimum atomic E-state index is -4.66. The molecule has 0 bridgehead atoms. The molecule has 0 N–H and O–H groups in total. The molecule has 1 aliphatic rings. The maximum Gasteiger partial charge on any atom is 0.416 e. The van der Waals surface area contributed by atoms with Gasteiger partial charge in [0.2, 0.25) is 0 Å². The van der Waals surface area contributed by atoms with Crippen molar-refractivity contribution in [2.45, 2.75) is 12.3 Å². The molecule has 4 nitrogen and oxygen atoms in total. The highest BCUT2D eigenvalue weighted by Gasteiger charge is 2.33. The summed E-state index contributed by atoms with van der Waals surface area (Å²) in [5.74, 6) is -1.92. The van der Waals surface area contributed by atoms with Crippen LogP contribution in [0.4, 0.5) is 17.6 Å². The zero-order valence-electron chi connectivity index (χ0n) is 10.7. The van der Waals surface area contributed by atoms with E-state index in [1.807, 2.05) is 0 Å². The lowest BCUT2D eigenvalue weighted by Gasteiger charge is -2.30. The van der Waals surface area contributed by atoms with Gasteiger partial charge in [-0.3, -0.25) is 4.79 Å². The Morgan fingerprint density at radius 2 is 2.14 bits per heavy atom. The van der Waals surface area contributed by atoms with Gasteiger partial charge in [0.1, 0.15) is 5.82 Å². The number of amides is 1. The first kappa shape index (κ1) is 15.3. The monoisotopic (exact) mass is 302 g/mol. The highest BCUT2D eigenvalue weighted by Crippen LogP contribution is 2.30. The lowest BCUT2D eigenvalue weighted by atomic mass is 10.1. The summed E-state index contributed by atoms with van der Waals surface area (Å²) >= 11 is 0. The van der Waals surface area contributed by atoms with E-state index in [2.05, 4.69) is 0 Å². The Morgan fingerprint density at radius 3 is 2.76 bits per heavy atom. The number of carbonyl (C=O) groups is 1. The van der Waals surface area contributed by atoms with Crippen LogP contribution in [0.3, 0.4) is 0 Å². The molecule has 1 atom stereocenters. The van der Waals surface area contributed by atoms with Gasteiger partial charge in [0.25, 0.3) is 5.91 Å². The van der Waals surface area contributed by atoms with E-state index >= 15 is 0 Å². The molecule has 1 amide bonds. The van der Waals surface area contributed by atoms with Crippen molar-refractivity contribution in [3.05, 3.63) is 35.1 Å². The topological polar surface area (TPSA) is 53.3 Å². The molecule has 2 rings (SSSR count). The fourth-order valence-electron chi connectivity index (χ4n) is 1.95. The second kappa shape index (κ2) is 5.69. The van der Waals surface area contributed by atoms with Crippen LogP contribution in [0.1, 0.15) is 15.9 Å². The van der Waals surface area contributed by atoms with Crippen LogP contribution in [-0.2, 0) is 10.9 Å². The highest BCUT2D eigenvalue weighted by molar-refractivity contribution is 5.94. The minimum Gasteiger partial charge on any atom is -0.360 e. The zero-order valence-corrected chi connectivity index (χ0v) is 10.7. The number of nitriles is 1. The molecule has 1 saturated heterocycles. The molecular weight excluding hydrogens is 292 g/mol. The van der Waals surface area contributed by atoms with E-state index in [0.717, 1.165) is 4.90 Å². The van der Waals surface area contributed by atoms with Crippen LogP contribution in [0.25, 0.3) is 0 Å². The van der Waals surface area contributed by atoms with Gasteiger partial charge in [0.05, 0.1) is 30.3 Å². The molecule has 0 aromatic heterocycles. The van der Waals surface area contributed by atoms with Gasteiger partial charge in [-0.05, 0) is 18.2 Å². The van der Waals surface area contributed by atoms with Gasteiger partial charge in [-0.1, -0.05) is 0 Å². The van der Waals surface area contributed by atoms with E-state index < -0.39 is 35.1 Å². The molecule has 21 heavy (non-hydrogen) atoms. The predicted octanol–water partition coefficient (Wildman–Crippen LogP) is 2.21. The van der Waals surface area contributed by atoms with Crippen LogP contribution in [0, 0.1) is 17.1 Å². The van der Waals surface area contributed by atoms with Crippen molar-refractivity contribution in [3.63, 3.8) is 0 Å². The lowest BCUT2D eigenvalue weighted by molar-refractivity contribution is -0.137. The maximum absolute atomic E-state index is 13.6. The summed E-state index contributed by atoms with van der Waals surface area (Å²) < 4.78 is 56.5. The third-order valence-electron chi connectivity index (χ3n) is 3.02. The summed E-state index contributed by atoms with van der Waals surface area (Å²) in [4.78, 5) is 13.2. The number of benzene rings is 1. The number of nitrogens with zero attached hydrogens (tertiary/aromatic N) is 2. The number of hydrogen-bond acceptors (Lipinski definition) is 3. The zero-order chi connectivity index (χ0) is 15.6. The maximum atomic E-state index is 13.6. The van der Waals surface area contributed by atoms with Crippen molar-refractivity contribution < 1.29 is 27.1 Å². The smallest absolute Gasteiger partial charge is 0.360 e. The van der Waals surface area contributed by atoms with E-state index in [1.165, 1.54) is 0 Å². The van der Waals surface area contributed by atoms with E-state index in [4.69, 9.17) is 10.00 Å². The van der Waals surface area contributed by atoms with Crippen molar-refractivity contribution in [1.29, 1.82) is 5.26 Å². The predicted molar refractivity (Wildman–Crippen MR) is 62.7 cm³/mol. The van der Waals surface area contributed by atoms with E-state index in [1.54, 1.807) is 6.07 Å². The second-order valence-corrected chi connectivity index (χ2v) is 4.43. The number of carbonyl (C=O) groups excluding carboxylic acids is 1. The summed E-state index contributed by atoms with van der Waals surface area (Å²) in [5.41, 5.74) is -1.76. The van der Waals surface area contributed by atoms with Crippen LogP contribution in [0.2, 0.25) is 0 Å². The van der Waals surface area contributed by atoms with Gasteiger partial charge >= 0.3 is 6.18 Å². The third-order valence-corrected chi connectivity index (χ3v) is 3.02. The number of morpholine rings is 1. The van der Waals surface area contributed by atoms with Crippen LogP contribution in [0.15, 0.2) is 18.2 Å². The summed E-state index contributed by atoms with van der Waals surface area (Å²) in [7, 11) is 0. The van der Waals surface area contributed by atoms with Crippen molar-refractivity contribution in [3.8, 4) is 6.07 Å². The SMILES string of the molecule is N#CC1CN(C(=O)c2cc(C(F)(F)F)ccc2F)CCO1. The minimum absolute atomic E-state index is 0.0740. The molecule has 0 spiro atoms. The van der Waals surface area contributed by atoms with Gasteiger partial charge in [-0.2, -0.15) is 18.4 Å². The first-order chi connectivity index (χ1) is 9.82. The summed E-state index contributed by atoms with van der Waals surface area (Å²) in [6.07, 6.45) is -5.53. The average molecular weight is 302 g/mol. The highest BCUT2D eigenvalue weighted by atomic mass is 19.4. The third kappa shape index (κ3) is 3.31. The molecule has 1 aromatic carbocycles. The van der Waals surface area contributed by atoms with Gasteiger partial charge in [0, 0.05) is 6.54 Å². The van der Waals surface area contributed by atoms with E-state index in [0.29, 0.717) is 18.2 Å². The van der Waals surface area contributed by atoms with E-state index in [9.17, 15) is 22.4 Å².